The molecule has 6 heteroatoms. The second kappa shape index (κ2) is 4.92. The molecular weight excluding hydrogens is 236 g/mol. The van der Waals surface area contributed by atoms with E-state index in [2.05, 4.69) is 20.5 Å². The van der Waals surface area contributed by atoms with Crippen molar-refractivity contribution in [3.8, 4) is 0 Å². The summed E-state index contributed by atoms with van der Waals surface area (Å²) in [5.74, 6) is 0.715. The first-order valence-corrected chi connectivity index (χ1v) is 5.89. The highest BCUT2D eigenvalue weighted by Crippen LogP contribution is 2.16. The molecule has 1 amide bonds. The van der Waals surface area contributed by atoms with Gasteiger partial charge in [0, 0.05) is 15.8 Å². The van der Waals surface area contributed by atoms with Crippen LogP contribution in [-0.4, -0.2) is 21.1 Å². The highest BCUT2D eigenvalue weighted by molar-refractivity contribution is 7.12. The lowest BCUT2D eigenvalue weighted by Gasteiger charge is -1.93. The van der Waals surface area contributed by atoms with Crippen molar-refractivity contribution in [1.82, 2.24) is 15.2 Å². The standard InChI is InChI=1S/C11H12N4OS/c1-7-3-4-9(17-7)5-6-10(16)13-11-12-8(2)14-15-11/h3-6H,1-2H3,(H2,12,13,14,15,16)/b6-5+. The minimum Gasteiger partial charge on any atom is -0.290 e. The molecule has 0 saturated carbocycles. The molecule has 88 valence electrons. The average Bonchev–Trinajstić information content (AvgIpc) is 2.85. The summed E-state index contributed by atoms with van der Waals surface area (Å²) in [5.41, 5.74) is 0. The van der Waals surface area contributed by atoms with Gasteiger partial charge < -0.3 is 0 Å². The zero-order chi connectivity index (χ0) is 12.3. The molecule has 2 aromatic rings. The lowest BCUT2D eigenvalue weighted by atomic mass is 10.4. The van der Waals surface area contributed by atoms with Crippen molar-refractivity contribution in [2.75, 3.05) is 5.32 Å². The van der Waals surface area contributed by atoms with E-state index in [-0.39, 0.29) is 5.91 Å². The summed E-state index contributed by atoms with van der Waals surface area (Å²) in [7, 11) is 0. The molecule has 2 aromatic heterocycles. The Balaban J connectivity index is 1.95. The Kier molecular flexibility index (Phi) is 3.34. The first kappa shape index (κ1) is 11.5. The highest BCUT2D eigenvalue weighted by Gasteiger charge is 2.02. The van der Waals surface area contributed by atoms with E-state index in [9.17, 15) is 4.79 Å². The number of aryl methyl sites for hydroxylation is 2. The quantitative estimate of drug-likeness (QED) is 0.817. The smallest absolute Gasteiger partial charge is 0.250 e. The van der Waals surface area contributed by atoms with Gasteiger partial charge >= 0.3 is 0 Å². The normalized spacial score (nSPS) is 10.9. The van der Waals surface area contributed by atoms with Crippen LogP contribution >= 0.6 is 11.3 Å². The summed E-state index contributed by atoms with van der Waals surface area (Å²) in [4.78, 5) is 17.8. The summed E-state index contributed by atoms with van der Waals surface area (Å²) < 4.78 is 0. The first-order valence-electron chi connectivity index (χ1n) is 5.08. The number of carbonyl (C=O) groups excluding carboxylic acids is 1. The first-order chi connectivity index (χ1) is 8.13. The molecule has 2 rings (SSSR count). The molecule has 0 saturated heterocycles. The van der Waals surface area contributed by atoms with Crippen LogP contribution in [0.1, 0.15) is 15.6 Å². The third-order valence-electron chi connectivity index (χ3n) is 1.99. The molecule has 2 heterocycles. The van der Waals surface area contributed by atoms with Crippen molar-refractivity contribution < 1.29 is 4.79 Å². The van der Waals surface area contributed by atoms with E-state index in [1.807, 2.05) is 19.1 Å². The van der Waals surface area contributed by atoms with Gasteiger partial charge in [-0.1, -0.05) is 0 Å². The number of thiophene rings is 1. The zero-order valence-corrected chi connectivity index (χ0v) is 10.3. The van der Waals surface area contributed by atoms with Gasteiger partial charge in [0.15, 0.2) is 0 Å². The number of rotatable bonds is 3. The number of H-pyrrole nitrogens is 1. The Hall–Kier alpha value is -1.95. The molecule has 0 unspecified atom stereocenters. The summed E-state index contributed by atoms with van der Waals surface area (Å²) >= 11 is 1.64. The van der Waals surface area contributed by atoms with Crippen LogP contribution in [-0.2, 0) is 4.79 Å². The highest BCUT2D eigenvalue weighted by atomic mass is 32.1. The van der Waals surface area contributed by atoms with E-state index in [4.69, 9.17) is 0 Å². The monoisotopic (exact) mass is 248 g/mol. The van der Waals surface area contributed by atoms with Gasteiger partial charge in [0.05, 0.1) is 0 Å². The number of hydrogen-bond acceptors (Lipinski definition) is 4. The third kappa shape index (κ3) is 3.25. The van der Waals surface area contributed by atoms with E-state index in [1.54, 1.807) is 24.3 Å². The van der Waals surface area contributed by atoms with Crippen molar-refractivity contribution in [2.45, 2.75) is 13.8 Å². The molecule has 0 aliphatic carbocycles. The molecule has 0 aromatic carbocycles. The lowest BCUT2D eigenvalue weighted by Crippen LogP contribution is -2.08. The van der Waals surface area contributed by atoms with Gasteiger partial charge in [-0.2, -0.15) is 4.98 Å². The van der Waals surface area contributed by atoms with Gasteiger partial charge in [-0.15, -0.1) is 16.4 Å². The van der Waals surface area contributed by atoms with E-state index in [1.165, 1.54) is 11.0 Å². The van der Waals surface area contributed by atoms with Crippen molar-refractivity contribution in [3.05, 3.63) is 33.8 Å². The van der Waals surface area contributed by atoms with Gasteiger partial charge in [0.25, 0.3) is 5.91 Å². The number of aromatic amines is 1. The summed E-state index contributed by atoms with van der Waals surface area (Å²) in [6.45, 7) is 3.80. The molecule has 0 spiro atoms. The molecule has 0 atom stereocenters. The number of anilines is 1. The minimum atomic E-state index is -0.241. The van der Waals surface area contributed by atoms with Crippen LogP contribution in [0, 0.1) is 13.8 Å². The molecule has 17 heavy (non-hydrogen) atoms. The molecule has 0 aliphatic heterocycles. The maximum Gasteiger partial charge on any atom is 0.250 e. The van der Waals surface area contributed by atoms with Gasteiger partial charge in [0.2, 0.25) is 5.95 Å². The summed E-state index contributed by atoms with van der Waals surface area (Å²) in [6, 6.07) is 3.99. The molecular formula is C11H12N4OS. The predicted molar refractivity (Wildman–Crippen MR) is 67.8 cm³/mol. The van der Waals surface area contributed by atoms with Gasteiger partial charge in [-0.05, 0) is 32.1 Å². The van der Waals surface area contributed by atoms with E-state index < -0.39 is 0 Å². The largest absolute Gasteiger partial charge is 0.290 e. The average molecular weight is 248 g/mol. The van der Waals surface area contributed by atoms with Crippen LogP contribution in [0.25, 0.3) is 6.08 Å². The molecule has 5 nitrogen and oxygen atoms in total. The van der Waals surface area contributed by atoms with Crippen LogP contribution in [0.4, 0.5) is 5.95 Å². The fourth-order valence-electron chi connectivity index (χ4n) is 1.25. The van der Waals surface area contributed by atoms with Crippen LogP contribution in [0.3, 0.4) is 0 Å². The third-order valence-corrected chi connectivity index (χ3v) is 2.96. The predicted octanol–water partition coefficient (Wildman–Crippen LogP) is 2.13. The van der Waals surface area contributed by atoms with Crippen molar-refractivity contribution in [2.24, 2.45) is 0 Å². The molecule has 0 aliphatic rings. The number of nitrogens with zero attached hydrogens (tertiary/aromatic N) is 2. The number of carbonyl (C=O) groups is 1. The van der Waals surface area contributed by atoms with Crippen LogP contribution < -0.4 is 5.32 Å². The number of amides is 1. The second-order valence-electron chi connectivity index (χ2n) is 3.52. The van der Waals surface area contributed by atoms with E-state index in [0.29, 0.717) is 11.8 Å². The molecule has 0 radical (unpaired) electrons. The van der Waals surface area contributed by atoms with Crippen molar-refractivity contribution >= 4 is 29.3 Å². The van der Waals surface area contributed by atoms with Crippen LogP contribution in [0.2, 0.25) is 0 Å². The second-order valence-corrected chi connectivity index (χ2v) is 4.83. The fourth-order valence-corrected chi connectivity index (χ4v) is 2.03. The lowest BCUT2D eigenvalue weighted by molar-refractivity contribution is -0.111. The van der Waals surface area contributed by atoms with Gasteiger partial charge in [-0.3, -0.25) is 15.2 Å². The Labute approximate surface area is 103 Å². The van der Waals surface area contributed by atoms with Gasteiger partial charge in [0.1, 0.15) is 5.82 Å². The summed E-state index contributed by atoms with van der Waals surface area (Å²) in [6.07, 6.45) is 3.24. The Morgan fingerprint density at radius 1 is 1.47 bits per heavy atom. The van der Waals surface area contributed by atoms with Crippen LogP contribution in [0.5, 0.6) is 0 Å². The fraction of sp³-hybridized carbons (Fsp3) is 0.182. The van der Waals surface area contributed by atoms with E-state index >= 15 is 0 Å². The maximum absolute atomic E-state index is 11.5. The minimum absolute atomic E-state index is 0.241. The van der Waals surface area contributed by atoms with Crippen molar-refractivity contribution in [3.63, 3.8) is 0 Å². The van der Waals surface area contributed by atoms with Crippen molar-refractivity contribution in [1.29, 1.82) is 0 Å². The Bertz CT molecular complexity index is 555. The maximum atomic E-state index is 11.5. The zero-order valence-electron chi connectivity index (χ0n) is 9.52. The molecule has 0 fully saturated rings. The molecule has 2 N–H and O–H groups in total. The number of hydrogen-bond donors (Lipinski definition) is 2. The summed E-state index contributed by atoms with van der Waals surface area (Å²) in [5, 5.41) is 9.03. The number of nitrogens with one attached hydrogen (secondary N) is 2. The Morgan fingerprint density at radius 3 is 2.88 bits per heavy atom. The van der Waals surface area contributed by atoms with Gasteiger partial charge in [-0.25, -0.2) is 0 Å². The molecule has 0 bridgehead atoms. The topological polar surface area (TPSA) is 70.7 Å². The SMILES string of the molecule is Cc1nc(NC(=O)/C=C/c2ccc(C)s2)n[nH]1. The van der Waals surface area contributed by atoms with E-state index in [0.717, 1.165) is 4.88 Å². The van der Waals surface area contributed by atoms with Crippen LogP contribution in [0.15, 0.2) is 18.2 Å². The number of aromatic nitrogens is 3. The Morgan fingerprint density at radius 2 is 2.29 bits per heavy atom.